The summed E-state index contributed by atoms with van der Waals surface area (Å²) in [6.07, 6.45) is 7.68. The SMILES string of the molecule is CC1C=C(c2cncc([C@H](C)N)c2)C=N1. The molecule has 2 heterocycles. The van der Waals surface area contributed by atoms with E-state index in [9.17, 15) is 0 Å². The minimum atomic E-state index is 0.0221. The van der Waals surface area contributed by atoms with Crippen LogP contribution in [0.4, 0.5) is 0 Å². The lowest BCUT2D eigenvalue weighted by atomic mass is 10.0. The maximum Gasteiger partial charge on any atom is 0.0661 e. The topological polar surface area (TPSA) is 51.3 Å². The lowest BCUT2D eigenvalue weighted by molar-refractivity contribution is 0.811. The summed E-state index contributed by atoms with van der Waals surface area (Å²) in [5.41, 5.74) is 9.10. The molecule has 0 bridgehead atoms. The first-order valence-corrected chi connectivity index (χ1v) is 5.12. The largest absolute Gasteiger partial charge is 0.324 e. The first-order valence-electron chi connectivity index (χ1n) is 5.12. The minimum Gasteiger partial charge on any atom is -0.324 e. The maximum absolute atomic E-state index is 5.82. The molecule has 1 aromatic rings. The van der Waals surface area contributed by atoms with Gasteiger partial charge in [-0.05, 0) is 31.1 Å². The molecule has 0 saturated heterocycles. The molecular weight excluding hydrogens is 186 g/mol. The molecule has 2 N–H and O–H groups in total. The van der Waals surface area contributed by atoms with Gasteiger partial charge in [0.2, 0.25) is 0 Å². The zero-order valence-corrected chi connectivity index (χ0v) is 9.01. The first-order chi connectivity index (χ1) is 7.16. The van der Waals surface area contributed by atoms with Crippen LogP contribution in [0.2, 0.25) is 0 Å². The Balaban J connectivity index is 2.34. The molecule has 1 aliphatic rings. The van der Waals surface area contributed by atoms with Gasteiger partial charge in [0.05, 0.1) is 6.04 Å². The molecule has 3 heteroatoms. The van der Waals surface area contributed by atoms with Gasteiger partial charge in [-0.15, -0.1) is 0 Å². The highest BCUT2D eigenvalue weighted by Crippen LogP contribution is 2.20. The Bertz CT molecular complexity index is 419. The fraction of sp³-hybridized carbons (Fsp3) is 0.333. The smallest absolute Gasteiger partial charge is 0.0661 e. The summed E-state index contributed by atoms with van der Waals surface area (Å²) in [5, 5.41) is 0. The molecule has 0 aliphatic carbocycles. The number of nitrogens with zero attached hydrogens (tertiary/aromatic N) is 2. The second-order valence-corrected chi connectivity index (χ2v) is 3.94. The number of aliphatic imine (C=N–C) groups is 1. The van der Waals surface area contributed by atoms with Gasteiger partial charge in [0, 0.05) is 30.2 Å². The molecule has 0 fully saturated rings. The maximum atomic E-state index is 5.82. The van der Waals surface area contributed by atoms with E-state index >= 15 is 0 Å². The molecule has 0 aromatic carbocycles. The summed E-state index contributed by atoms with van der Waals surface area (Å²) < 4.78 is 0. The van der Waals surface area contributed by atoms with E-state index in [0.717, 1.165) is 16.7 Å². The number of allylic oxidation sites excluding steroid dienone is 1. The Morgan fingerprint density at radius 3 is 2.80 bits per heavy atom. The monoisotopic (exact) mass is 201 g/mol. The van der Waals surface area contributed by atoms with Crippen molar-refractivity contribution in [3.05, 3.63) is 35.7 Å². The van der Waals surface area contributed by atoms with Crippen LogP contribution < -0.4 is 5.73 Å². The highest BCUT2D eigenvalue weighted by Gasteiger charge is 2.09. The highest BCUT2D eigenvalue weighted by molar-refractivity contribution is 6.11. The Labute approximate surface area is 89.7 Å². The van der Waals surface area contributed by atoms with E-state index in [1.165, 1.54) is 0 Å². The van der Waals surface area contributed by atoms with Crippen molar-refractivity contribution in [1.29, 1.82) is 0 Å². The Morgan fingerprint density at radius 1 is 1.40 bits per heavy atom. The number of hydrogen-bond acceptors (Lipinski definition) is 3. The average Bonchev–Trinajstić information content (AvgIpc) is 2.65. The molecule has 3 nitrogen and oxygen atoms in total. The van der Waals surface area contributed by atoms with Crippen molar-refractivity contribution in [2.24, 2.45) is 10.7 Å². The molecule has 0 spiro atoms. The number of rotatable bonds is 2. The summed E-state index contributed by atoms with van der Waals surface area (Å²) in [4.78, 5) is 8.48. The summed E-state index contributed by atoms with van der Waals surface area (Å²) in [7, 11) is 0. The summed E-state index contributed by atoms with van der Waals surface area (Å²) >= 11 is 0. The standard InChI is InChI=1S/C12H15N3/c1-8-3-11(7-15-8)12-4-10(9(2)13)5-14-6-12/h3-9H,13H2,1-2H3/t8?,9-/m0/s1. The molecule has 1 aliphatic heterocycles. The van der Waals surface area contributed by atoms with Crippen LogP contribution in [0, 0.1) is 0 Å². The van der Waals surface area contributed by atoms with E-state index in [4.69, 9.17) is 5.73 Å². The molecule has 1 aromatic heterocycles. The molecule has 2 atom stereocenters. The second kappa shape index (κ2) is 3.95. The van der Waals surface area contributed by atoms with Crippen LogP contribution in [-0.4, -0.2) is 17.2 Å². The first kappa shape index (κ1) is 10.1. The van der Waals surface area contributed by atoms with Gasteiger partial charge in [-0.2, -0.15) is 0 Å². The Kier molecular flexibility index (Phi) is 2.64. The van der Waals surface area contributed by atoms with Crippen molar-refractivity contribution in [3.63, 3.8) is 0 Å². The third-order valence-electron chi connectivity index (χ3n) is 2.49. The lowest BCUT2D eigenvalue weighted by Crippen LogP contribution is -2.05. The fourth-order valence-electron chi connectivity index (χ4n) is 1.58. The van der Waals surface area contributed by atoms with Crippen molar-refractivity contribution in [2.75, 3.05) is 0 Å². The number of hydrogen-bond donors (Lipinski definition) is 1. The zero-order chi connectivity index (χ0) is 10.8. The zero-order valence-electron chi connectivity index (χ0n) is 9.01. The van der Waals surface area contributed by atoms with Crippen LogP contribution in [0.3, 0.4) is 0 Å². The molecule has 2 rings (SSSR count). The number of nitrogens with two attached hydrogens (primary N) is 1. The third-order valence-corrected chi connectivity index (χ3v) is 2.49. The van der Waals surface area contributed by atoms with Gasteiger partial charge in [-0.3, -0.25) is 9.98 Å². The second-order valence-electron chi connectivity index (χ2n) is 3.94. The molecular formula is C12H15N3. The van der Waals surface area contributed by atoms with Crippen LogP contribution in [0.5, 0.6) is 0 Å². The third kappa shape index (κ3) is 2.13. The Morgan fingerprint density at radius 2 is 2.20 bits per heavy atom. The van der Waals surface area contributed by atoms with Crippen LogP contribution in [0.25, 0.3) is 5.57 Å². The minimum absolute atomic E-state index is 0.0221. The lowest BCUT2D eigenvalue weighted by Gasteiger charge is -2.06. The van der Waals surface area contributed by atoms with Gasteiger partial charge in [-0.25, -0.2) is 0 Å². The van der Waals surface area contributed by atoms with Gasteiger partial charge in [0.1, 0.15) is 0 Å². The van der Waals surface area contributed by atoms with E-state index in [2.05, 4.69) is 29.0 Å². The van der Waals surface area contributed by atoms with Gasteiger partial charge < -0.3 is 5.73 Å². The molecule has 1 unspecified atom stereocenters. The van der Waals surface area contributed by atoms with Crippen molar-refractivity contribution in [1.82, 2.24) is 4.98 Å². The normalized spacial score (nSPS) is 21.5. The number of pyridine rings is 1. The molecule has 0 saturated carbocycles. The number of aromatic nitrogens is 1. The van der Waals surface area contributed by atoms with Crippen LogP contribution in [0.15, 0.2) is 29.5 Å². The van der Waals surface area contributed by atoms with Gasteiger partial charge >= 0.3 is 0 Å². The average molecular weight is 201 g/mol. The van der Waals surface area contributed by atoms with E-state index in [1.54, 1.807) is 0 Å². The molecule has 15 heavy (non-hydrogen) atoms. The van der Waals surface area contributed by atoms with Gasteiger partial charge in [0.25, 0.3) is 0 Å². The summed E-state index contributed by atoms with van der Waals surface area (Å²) in [6, 6.07) is 2.38. The van der Waals surface area contributed by atoms with Crippen molar-refractivity contribution >= 4 is 11.8 Å². The quantitative estimate of drug-likeness (QED) is 0.795. The summed E-state index contributed by atoms with van der Waals surface area (Å²) in [6.45, 7) is 4.02. The fourth-order valence-corrected chi connectivity index (χ4v) is 1.58. The molecule has 0 radical (unpaired) electrons. The van der Waals surface area contributed by atoms with E-state index < -0.39 is 0 Å². The van der Waals surface area contributed by atoms with Crippen LogP contribution in [0.1, 0.15) is 31.0 Å². The van der Waals surface area contributed by atoms with Crippen LogP contribution in [-0.2, 0) is 0 Å². The summed E-state index contributed by atoms with van der Waals surface area (Å²) in [5.74, 6) is 0. The predicted octanol–water partition coefficient (Wildman–Crippen LogP) is 1.96. The highest BCUT2D eigenvalue weighted by atomic mass is 14.8. The molecule has 0 amide bonds. The van der Waals surface area contributed by atoms with Gasteiger partial charge in [-0.1, -0.05) is 6.08 Å². The van der Waals surface area contributed by atoms with E-state index in [0.29, 0.717) is 0 Å². The van der Waals surface area contributed by atoms with Crippen LogP contribution >= 0.6 is 0 Å². The van der Waals surface area contributed by atoms with E-state index in [1.807, 2.05) is 25.5 Å². The van der Waals surface area contributed by atoms with E-state index in [-0.39, 0.29) is 12.1 Å². The van der Waals surface area contributed by atoms with Crippen molar-refractivity contribution < 1.29 is 0 Å². The Hall–Kier alpha value is -1.48. The van der Waals surface area contributed by atoms with Crippen molar-refractivity contribution in [3.8, 4) is 0 Å². The molecule has 78 valence electrons. The van der Waals surface area contributed by atoms with Gasteiger partial charge in [0.15, 0.2) is 0 Å². The predicted molar refractivity (Wildman–Crippen MR) is 62.8 cm³/mol. The van der Waals surface area contributed by atoms with Crippen molar-refractivity contribution in [2.45, 2.75) is 25.9 Å².